The van der Waals surface area contributed by atoms with Gasteiger partial charge in [-0.25, -0.2) is 15.0 Å². The fourth-order valence-electron chi connectivity index (χ4n) is 1.74. The van der Waals surface area contributed by atoms with Crippen molar-refractivity contribution in [2.24, 2.45) is 5.92 Å². The molecule has 1 N–H and O–H groups in total. The Bertz CT molecular complexity index is 540. The zero-order chi connectivity index (χ0) is 13.8. The van der Waals surface area contributed by atoms with Crippen molar-refractivity contribution < 1.29 is 0 Å². The molecule has 2 heterocycles. The number of anilines is 1. The molecular formula is C13H17BrN4S. The smallest absolute Gasteiger partial charge is 0.181 e. The number of nitrogens with one attached hydrogen (secondary N) is 1. The van der Waals surface area contributed by atoms with E-state index < -0.39 is 0 Å². The highest BCUT2D eigenvalue weighted by Gasteiger charge is 2.15. The molecule has 2 aromatic rings. The largest absolute Gasteiger partial charge is 0.369 e. The van der Waals surface area contributed by atoms with Gasteiger partial charge in [-0.1, -0.05) is 13.8 Å². The second-order valence-electron chi connectivity index (χ2n) is 4.66. The zero-order valence-corrected chi connectivity index (χ0v) is 13.7. The summed E-state index contributed by atoms with van der Waals surface area (Å²) >= 11 is 5.16. The molecule has 0 radical (unpaired) electrons. The van der Waals surface area contributed by atoms with Crippen LogP contribution in [0, 0.1) is 5.92 Å². The van der Waals surface area contributed by atoms with Gasteiger partial charge in [0, 0.05) is 11.9 Å². The van der Waals surface area contributed by atoms with Crippen LogP contribution in [-0.2, 0) is 6.42 Å². The molecule has 0 aromatic carbocycles. The van der Waals surface area contributed by atoms with Crippen LogP contribution in [0.3, 0.4) is 0 Å². The molecule has 0 aliphatic carbocycles. The molecule has 0 bridgehead atoms. The van der Waals surface area contributed by atoms with E-state index in [9.17, 15) is 0 Å². The van der Waals surface area contributed by atoms with E-state index in [0.29, 0.717) is 11.7 Å². The Kier molecular flexibility index (Phi) is 4.87. The predicted molar refractivity (Wildman–Crippen MR) is 83.5 cm³/mol. The van der Waals surface area contributed by atoms with Crippen molar-refractivity contribution in [3.8, 4) is 11.5 Å². The Morgan fingerprint density at radius 1 is 1.37 bits per heavy atom. The van der Waals surface area contributed by atoms with Crippen LogP contribution in [0.1, 0.15) is 26.5 Å². The van der Waals surface area contributed by atoms with E-state index in [2.05, 4.69) is 57.0 Å². The molecule has 0 aliphatic heterocycles. The summed E-state index contributed by atoms with van der Waals surface area (Å²) in [4.78, 5) is 13.5. The van der Waals surface area contributed by atoms with E-state index in [4.69, 9.17) is 0 Å². The van der Waals surface area contributed by atoms with E-state index >= 15 is 0 Å². The maximum absolute atomic E-state index is 4.64. The lowest BCUT2D eigenvalue weighted by Crippen LogP contribution is -2.08. The molecule has 4 nitrogen and oxygen atoms in total. The van der Waals surface area contributed by atoms with Gasteiger partial charge in [0.1, 0.15) is 11.5 Å². The maximum Gasteiger partial charge on any atom is 0.181 e. The first-order chi connectivity index (χ1) is 9.11. The zero-order valence-electron chi connectivity index (χ0n) is 11.3. The molecule has 2 aromatic heterocycles. The minimum atomic E-state index is 0.545. The van der Waals surface area contributed by atoms with E-state index in [1.54, 1.807) is 16.8 Å². The van der Waals surface area contributed by atoms with Gasteiger partial charge in [-0.3, -0.25) is 0 Å². The first kappa shape index (κ1) is 14.4. The predicted octanol–water partition coefficient (Wildman–Crippen LogP) is 3.99. The summed E-state index contributed by atoms with van der Waals surface area (Å²) in [6, 6.07) is 0. The molecule has 2 rings (SSSR count). The molecule has 0 spiro atoms. The van der Waals surface area contributed by atoms with Gasteiger partial charge >= 0.3 is 0 Å². The highest BCUT2D eigenvalue weighted by Crippen LogP contribution is 2.28. The number of hydrogen-bond acceptors (Lipinski definition) is 5. The fraction of sp³-hybridized carbons (Fsp3) is 0.462. The van der Waals surface area contributed by atoms with Crippen molar-refractivity contribution in [1.29, 1.82) is 0 Å². The van der Waals surface area contributed by atoms with Crippen molar-refractivity contribution in [2.75, 3.05) is 11.9 Å². The Balaban J connectivity index is 2.47. The number of aromatic nitrogens is 3. The average Bonchev–Trinajstić information content (AvgIpc) is 2.87. The SMILES string of the molecule is CCNc1nc(-c2cscn2)nc(CC(C)C)c1Br. The van der Waals surface area contributed by atoms with Crippen molar-refractivity contribution >= 4 is 33.1 Å². The lowest BCUT2D eigenvalue weighted by Gasteiger charge is -2.12. The molecule has 0 aliphatic rings. The molecule has 0 atom stereocenters. The van der Waals surface area contributed by atoms with E-state index in [0.717, 1.165) is 34.6 Å². The Labute approximate surface area is 125 Å². The Morgan fingerprint density at radius 2 is 2.16 bits per heavy atom. The quantitative estimate of drug-likeness (QED) is 0.893. The van der Waals surface area contributed by atoms with Gasteiger partial charge in [0.25, 0.3) is 0 Å². The normalized spacial score (nSPS) is 11.0. The maximum atomic E-state index is 4.64. The number of halogens is 1. The lowest BCUT2D eigenvalue weighted by atomic mass is 10.1. The molecular weight excluding hydrogens is 324 g/mol. The standard InChI is InChI=1S/C13H17BrN4S/c1-4-15-13-11(14)9(5-8(2)3)17-12(18-13)10-6-19-7-16-10/h6-8H,4-5H2,1-3H3,(H,15,17,18). The van der Waals surface area contributed by atoms with Crippen LogP contribution >= 0.6 is 27.3 Å². The van der Waals surface area contributed by atoms with Gasteiger partial charge in [0.15, 0.2) is 5.82 Å². The molecule has 0 unspecified atom stereocenters. The van der Waals surface area contributed by atoms with Crippen LogP contribution in [0.2, 0.25) is 0 Å². The van der Waals surface area contributed by atoms with Gasteiger partial charge in [-0.05, 0) is 35.2 Å². The van der Waals surface area contributed by atoms with Crippen LogP contribution in [0.25, 0.3) is 11.5 Å². The van der Waals surface area contributed by atoms with E-state index in [1.165, 1.54) is 0 Å². The van der Waals surface area contributed by atoms with E-state index in [1.807, 2.05) is 5.38 Å². The Morgan fingerprint density at radius 3 is 2.74 bits per heavy atom. The van der Waals surface area contributed by atoms with Crippen molar-refractivity contribution in [3.63, 3.8) is 0 Å². The third-order valence-electron chi connectivity index (χ3n) is 2.53. The van der Waals surface area contributed by atoms with E-state index in [-0.39, 0.29) is 0 Å². The minimum Gasteiger partial charge on any atom is -0.369 e. The first-order valence-corrected chi connectivity index (χ1v) is 8.04. The summed E-state index contributed by atoms with van der Waals surface area (Å²) in [6.07, 6.45) is 0.915. The molecule has 6 heteroatoms. The number of rotatable bonds is 5. The molecule has 19 heavy (non-hydrogen) atoms. The van der Waals surface area contributed by atoms with Crippen LogP contribution in [0.4, 0.5) is 5.82 Å². The first-order valence-electron chi connectivity index (χ1n) is 6.30. The second kappa shape index (κ2) is 6.43. The van der Waals surface area contributed by atoms with Gasteiger partial charge in [-0.2, -0.15) is 0 Å². The second-order valence-corrected chi connectivity index (χ2v) is 6.17. The van der Waals surface area contributed by atoms with Crippen molar-refractivity contribution in [1.82, 2.24) is 15.0 Å². The highest BCUT2D eigenvalue weighted by atomic mass is 79.9. The molecule has 0 amide bonds. The number of thiazole rings is 1. The number of hydrogen-bond donors (Lipinski definition) is 1. The summed E-state index contributed by atoms with van der Waals surface area (Å²) in [7, 11) is 0. The number of nitrogens with zero attached hydrogens (tertiary/aromatic N) is 3. The van der Waals surface area contributed by atoms with Crippen LogP contribution < -0.4 is 5.32 Å². The lowest BCUT2D eigenvalue weighted by molar-refractivity contribution is 0.632. The van der Waals surface area contributed by atoms with Gasteiger partial charge in [0.05, 0.1) is 15.7 Å². The van der Waals surface area contributed by atoms with Crippen molar-refractivity contribution in [2.45, 2.75) is 27.2 Å². The monoisotopic (exact) mass is 340 g/mol. The van der Waals surface area contributed by atoms with Crippen LogP contribution in [0.5, 0.6) is 0 Å². The fourth-order valence-corrected chi connectivity index (χ4v) is 2.75. The minimum absolute atomic E-state index is 0.545. The summed E-state index contributed by atoms with van der Waals surface area (Å²) < 4.78 is 0.960. The average molecular weight is 341 g/mol. The third-order valence-corrected chi connectivity index (χ3v) is 3.95. The molecule has 0 fully saturated rings. The topological polar surface area (TPSA) is 50.7 Å². The molecule has 0 saturated carbocycles. The van der Waals surface area contributed by atoms with Crippen LogP contribution in [-0.4, -0.2) is 21.5 Å². The summed E-state index contributed by atoms with van der Waals surface area (Å²) in [5.74, 6) is 2.08. The molecule has 0 saturated heterocycles. The van der Waals surface area contributed by atoms with Gasteiger partial charge in [0.2, 0.25) is 0 Å². The van der Waals surface area contributed by atoms with Gasteiger partial charge < -0.3 is 5.32 Å². The Hall–Kier alpha value is -1.01. The summed E-state index contributed by atoms with van der Waals surface area (Å²) in [6.45, 7) is 7.25. The summed E-state index contributed by atoms with van der Waals surface area (Å²) in [5, 5.41) is 5.24. The highest BCUT2D eigenvalue weighted by molar-refractivity contribution is 9.10. The third kappa shape index (κ3) is 3.51. The van der Waals surface area contributed by atoms with Gasteiger partial charge in [-0.15, -0.1) is 11.3 Å². The van der Waals surface area contributed by atoms with Crippen molar-refractivity contribution in [3.05, 3.63) is 21.1 Å². The summed E-state index contributed by atoms with van der Waals surface area (Å²) in [5.41, 5.74) is 3.67. The molecule has 102 valence electrons. The van der Waals surface area contributed by atoms with Crippen LogP contribution in [0.15, 0.2) is 15.4 Å².